The van der Waals surface area contributed by atoms with Crippen LogP contribution < -0.4 is 0 Å². The first kappa shape index (κ1) is 21.1. The lowest BCUT2D eigenvalue weighted by Gasteiger charge is -2.28. The molecule has 0 amide bonds. The molecule has 2 atom stereocenters. The van der Waals surface area contributed by atoms with Crippen LogP contribution in [0.25, 0.3) is 11.1 Å². The van der Waals surface area contributed by atoms with Crippen LogP contribution in [0.2, 0.25) is 0 Å². The molecule has 2 aromatic carbocycles. The fraction of sp³-hybridized carbons (Fsp3) is 0.429. The van der Waals surface area contributed by atoms with E-state index in [1.165, 1.54) is 0 Å². The first-order valence-corrected chi connectivity index (χ1v) is 10.2. The average Bonchev–Trinajstić information content (AvgIpc) is 2.65. The predicted molar refractivity (Wildman–Crippen MR) is 101 cm³/mol. The Morgan fingerprint density at radius 2 is 1.64 bits per heavy atom. The molecular formula is C21H21F5OS. The molecule has 0 radical (unpaired) electrons. The van der Waals surface area contributed by atoms with E-state index in [2.05, 4.69) is 0 Å². The Morgan fingerprint density at radius 3 is 2.14 bits per heavy atom. The van der Waals surface area contributed by atoms with Crippen LogP contribution in [-0.4, -0.2) is 19.0 Å². The normalized spacial score (nSPS) is 20.4. The lowest BCUT2D eigenvalue weighted by atomic mass is 9.97. The van der Waals surface area contributed by atoms with E-state index in [9.17, 15) is 22.0 Å². The van der Waals surface area contributed by atoms with Crippen molar-refractivity contribution in [3.8, 4) is 11.1 Å². The maximum absolute atomic E-state index is 13.8. The number of alkyl halides is 3. The molecule has 2 aromatic rings. The summed E-state index contributed by atoms with van der Waals surface area (Å²) in [4.78, 5) is 0. The molecule has 0 saturated carbocycles. The van der Waals surface area contributed by atoms with Crippen LogP contribution in [-0.2, 0) is 10.9 Å². The van der Waals surface area contributed by atoms with E-state index in [-0.39, 0.29) is 5.56 Å². The van der Waals surface area contributed by atoms with Crippen molar-refractivity contribution in [2.45, 2.75) is 31.2 Å². The molecule has 0 spiro atoms. The van der Waals surface area contributed by atoms with Gasteiger partial charge >= 0.3 is 6.18 Å². The molecule has 2 unspecified atom stereocenters. The van der Waals surface area contributed by atoms with E-state index in [0.717, 1.165) is 49.5 Å². The van der Waals surface area contributed by atoms with Gasteiger partial charge in [0.2, 0.25) is 0 Å². The molecule has 1 saturated heterocycles. The average molecular weight is 416 g/mol. The van der Waals surface area contributed by atoms with Crippen LogP contribution >= 0.6 is 11.8 Å². The first-order valence-electron chi connectivity index (χ1n) is 9.15. The Bertz CT molecular complexity index is 772. The van der Waals surface area contributed by atoms with Crippen molar-refractivity contribution in [2.75, 3.05) is 19.0 Å². The van der Waals surface area contributed by atoms with Gasteiger partial charge in [-0.1, -0.05) is 24.3 Å². The van der Waals surface area contributed by atoms with Crippen LogP contribution in [0.5, 0.6) is 0 Å². The molecule has 1 nitrogen and oxygen atoms in total. The third kappa shape index (κ3) is 4.87. The van der Waals surface area contributed by atoms with E-state index in [0.29, 0.717) is 16.7 Å². The van der Waals surface area contributed by atoms with Crippen molar-refractivity contribution in [3.63, 3.8) is 0 Å². The Kier molecular flexibility index (Phi) is 6.65. The van der Waals surface area contributed by atoms with Gasteiger partial charge < -0.3 is 4.74 Å². The summed E-state index contributed by atoms with van der Waals surface area (Å²) in [5.41, 5.74) is -0.183. The number of hydrogen-bond donors (Lipinski definition) is 0. The van der Waals surface area contributed by atoms with Crippen LogP contribution in [0.15, 0.2) is 36.4 Å². The van der Waals surface area contributed by atoms with Crippen LogP contribution in [0, 0.1) is 17.6 Å². The quantitative estimate of drug-likeness (QED) is 0.492. The molecule has 0 bridgehead atoms. The minimum absolute atomic E-state index is 0.0858. The predicted octanol–water partition coefficient (Wildman–Crippen LogP) is 6.87. The lowest BCUT2D eigenvalue weighted by Crippen LogP contribution is -2.18. The molecule has 1 heterocycles. The minimum Gasteiger partial charge on any atom is -0.381 e. The van der Waals surface area contributed by atoms with E-state index in [1.54, 1.807) is 12.1 Å². The zero-order chi connectivity index (χ0) is 20.3. The number of benzene rings is 2. The summed E-state index contributed by atoms with van der Waals surface area (Å²) >= 11 is 1.86. The zero-order valence-corrected chi connectivity index (χ0v) is 16.2. The summed E-state index contributed by atoms with van der Waals surface area (Å²) in [6, 6.07) is 8.61. The SMILES string of the molecule is CCOCC1CCC(c2ccc(-c3cc(F)c(C(F)(F)F)c(F)c3)cc2)SC1. The summed E-state index contributed by atoms with van der Waals surface area (Å²) in [7, 11) is 0. The standard InChI is InChI=1S/C21H21F5OS/c1-2-27-11-13-3-8-19(28-12-13)15-6-4-14(5-7-15)16-9-17(22)20(18(23)10-16)21(24,25)26/h4-7,9-10,13,19H,2-3,8,11-12H2,1H3. The molecule has 152 valence electrons. The third-order valence-corrected chi connectivity index (χ3v) is 6.44. The van der Waals surface area contributed by atoms with E-state index < -0.39 is 23.4 Å². The second kappa shape index (κ2) is 8.82. The molecule has 1 aliphatic heterocycles. The van der Waals surface area contributed by atoms with Gasteiger partial charge in [0.05, 0.1) is 6.61 Å². The molecular weight excluding hydrogens is 395 g/mol. The Balaban J connectivity index is 1.72. The van der Waals surface area contributed by atoms with Gasteiger partial charge in [-0.25, -0.2) is 8.78 Å². The topological polar surface area (TPSA) is 9.23 Å². The number of thioether (sulfide) groups is 1. The smallest absolute Gasteiger partial charge is 0.381 e. The van der Waals surface area contributed by atoms with Gasteiger partial charge in [0.1, 0.15) is 17.2 Å². The number of hydrogen-bond acceptors (Lipinski definition) is 2. The monoisotopic (exact) mass is 416 g/mol. The van der Waals surface area contributed by atoms with E-state index in [1.807, 2.05) is 30.8 Å². The fourth-order valence-electron chi connectivity index (χ4n) is 3.39. The maximum atomic E-state index is 13.8. The first-order chi connectivity index (χ1) is 13.3. The number of ether oxygens (including phenoxy) is 1. The highest BCUT2D eigenvalue weighted by atomic mass is 32.2. The van der Waals surface area contributed by atoms with Gasteiger partial charge in [0.25, 0.3) is 0 Å². The van der Waals surface area contributed by atoms with Crippen molar-refractivity contribution in [1.29, 1.82) is 0 Å². The van der Waals surface area contributed by atoms with Gasteiger partial charge in [0.15, 0.2) is 0 Å². The summed E-state index contributed by atoms with van der Waals surface area (Å²) in [5.74, 6) is -1.63. The summed E-state index contributed by atoms with van der Waals surface area (Å²) in [5, 5.41) is 0.341. The number of rotatable bonds is 5. The van der Waals surface area contributed by atoms with Crippen LogP contribution in [0.4, 0.5) is 22.0 Å². The van der Waals surface area contributed by atoms with E-state index in [4.69, 9.17) is 4.74 Å². The van der Waals surface area contributed by atoms with Gasteiger partial charge in [-0.15, -0.1) is 0 Å². The highest BCUT2D eigenvalue weighted by Crippen LogP contribution is 2.41. The van der Waals surface area contributed by atoms with Crippen molar-refractivity contribution in [3.05, 3.63) is 59.2 Å². The van der Waals surface area contributed by atoms with Gasteiger partial charge in [-0.2, -0.15) is 24.9 Å². The largest absolute Gasteiger partial charge is 0.422 e. The molecule has 0 aromatic heterocycles. The lowest BCUT2D eigenvalue weighted by molar-refractivity contribution is -0.142. The van der Waals surface area contributed by atoms with Crippen molar-refractivity contribution in [2.24, 2.45) is 5.92 Å². The minimum atomic E-state index is -5.06. The van der Waals surface area contributed by atoms with Crippen LogP contribution in [0.1, 0.15) is 36.1 Å². The summed E-state index contributed by atoms with van der Waals surface area (Å²) in [6.45, 7) is 3.48. The summed E-state index contributed by atoms with van der Waals surface area (Å²) < 4.78 is 71.2. The molecule has 0 N–H and O–H groups in total. The molecule has 1 fully saturated rings. The van der Waals surface area contributed by atoms with Gasteiger partial charge in [-0.3, -0.25) is 0 Å². The second-order valence-electron chi connectivity index (χ2n) is 6.86. The zero-order valence-electron chi connectivity index (χ0n) is 15.4. The Labute approximate surface area is 165 Å². The van der Waals surface area contributed by atoms with Crippen LogP contribution in [0.3, 0.4) is 0 Å². The third-order valence-electron chi connectivity index (χ3n) is 4.87. The van der Waals surface area contributed by atoms with E-state index >= 15 is 0 Å². The molecule has 3 rings (SSSR count). The maximum Gasteiger partial charge on any atom is 0.422 e. The molecule has 28 heavy (non-hydrogen) atoms. The summed E-state index contributed by atoms with van der Waals surface area (Å²) in [6.07, 6.45) is -2.96. The highest BCUT2D eigenvalue weighted by Gasteiger charge is 2.38. The Hall–Kier alpha value is -1.60. The molecule has 0 aliphatic carbocycles. The number of halogens is 5. The molecule has 7 heteroatoms. The second-order valence-corrected chi connectivity index (χ2v) is 8.10. The van der Waals surface area contributed by atoms with Gasteiger partial charge in [0, 0.05) is 11.9 Å². The molecule has 1 aliphatic rings. The van der Waals surface area contributed by atoms with Crippen molar-refractivity contribution in [1.82, 2.24) is 0 Å². The Morgan fingerprint density at radius 1 is 1.00 bits per heavy atom. The van der Waals surface area contributed by atoms with Gasteiger partial charge in [-0.05, 0) is 60.3 Å². The fourth-order valence-corrected chi connectivity index (χ4v) is 4.81. The highest BCUT2D eigenvalue weighted by molar-refractivity contribution is 7.99. The van der Waals surface area contributed by atoms with Crippen molar-refractivity contribution >= 4 is 11.8 Å². The van der Waals surface area contributed by atoms with Crippen molar-refractivity contribution < 1.29 is 26.7 Å².